The summed E-state index contributed by atoms with van der Waals surface area (Å²) in [6, 6.07) is 29.3. The minimum absolute atomic E-state index is 0.210. The number of benzene rings is 4. The van der Waals surface area contributed by atoms with E-state index in [4.69, 9.17) is 4.74 Å². The summed E-state index contributed by atoms with van der Waals surface area (Å²) >= 11 is 0. The molecule has 2 aliphatic heterocycles. The van der Waals surface area contributed by atoms with Crippen molar-refractivity contribution in [3.8, 4) is 5.75 Å². The molecule has 3 amide bonds. The molecule has 0 aliphatic carbocycles. The highest BCUT2D eigenvalue weighted by Gasteiger charge is 2.70. The van der Waals surface area contributed by atoms with E-state index in [9.17, 15) is 19.2 Å². The Balaban J connectivity index is 1.60. The topological polar surface area (TPSA) is 84.0 Å². The molecule has 2 atom stereocenters. The lowest BCUT2D eigenvalue weighted by atomic mass is 9.67. The van der Waals surface area contributed by atoms with Gasteiger partial charge >= 0.3 is 0 Å². The summed E-state index contributed by atoms with van der Waals surface area (Å²) in [5.41, 5.74) is 0.0120. The second kappa shape index (κ2) is 8.81. The van der Waals surface area contributed by atoms with Crippen molar-refractivity contribution < 1.29 is 23.9 Å². The first-order chi connectivity index (χ1) is 18.5. The molecule has 1 saturated heterocycles. The first kappa shape index (κ1) is 23.4. The van der Waals surface area contributed by atoms with E-state index in [2.05, 4.69) is 0 Å². The Hall–Kier alpha value is -5.04. The molecule has 0 N–H and O–H groups in total. The van der Waals surface area contributed by atoms with Crippen molar-refractivity contribution in [3.05, 3.63) is 131 Å². The standard InChI is InChI=1S/C31H22N2O5/c1-38-23-18-16-22(17-19-23)33-30(37)26(32-28(35)24-14-8-9-15-25(24)29(32)36)31(33,21-12-6-3-7-13-21)27(34)20-10-4-2-5-11-20/h2-19,26H,1H3. The number of ether oxygens (including phenoxy) is 1. The van der Waals surface area contributed by atoms with E-state index in [1.54, 1.807) is 109 Å². The van der Waals surface area contributed by atoms with Crippen LogP contribution in [0.3, 0.4) is 0 Å². The molecule has 7 nitrogen and oxygen atoms in total. The van der Waals surface area contributed by atoms with E-state index in [0.29, 0.717) is 22.6 Å². The van der Waals surface area contributed by atoms with E-state index in [0.717, 1.165) is 4.90 Å². The van der Waals surface area contributed by atoms with Crippen LogP contribution in [0.25, 0.3) is 0 Å². The van der Waals surface area contributed by atoms with Gasteiger partial charge in [-0.2, -0.15) is 0 Å². The Morgan fingerprint density at radius 3 is 1.79 bits per heavy atom. The van der Waals surface area contributed by atoms with Gasteiger partial charge in [0.1, 0.15) is 5.75 Å². The monoisotopic (exact) mass is 502 g/mol. The van der Waals surface area contributed by atoms with Gasteiger partial charge in [0.25, 0.3) is 17.7 Å². The fourth-order valence-electron chi connectivity index (χ4n) is 5.48. The number of hydrogen-bond donors (Lipinski definition) is 0. The Morgan fingerprint density at radius 2 is 1.24 bits per heavy atom. The molecular formula is C31H22N2O5. The van der Waals surface area contributed by atoms with E-state index in [-0.39, 0.29) is 11.1 Å². The summed E-state index contributed by atoms with van der Waals surface area (Å²) in [6.45, 7) is 0. The average molecular weight is 503 g/mol. The summed E-state index contributed by atoms with van der Waals surface area (Å²) in [5, 5.41) is 0. The zero-order valence-electron chi connectivity index (χ0n) is 20.4. The number of amides is 3. The molecule has 2 unspecified atom stereocenters. The highest BCUT2D eigenvalue weighted by Crippen LogP contribution is 2.51. The normalized spacial score (nSPS) is 20.2. The number of carbonyl (C=O) groups is 4. The van der Waals surface area contributed by atoms with Crippen molar-refractivity contribution in [1.82, 2.24) is 4.90 Å². The van der Waals surface area contributed by atoms with Gasteiger partial charge in [-0.15, -0.1) is 0 Å². The van der Waals surface area contributed by atoms with Gasteiger partial charge in [-0.1, -0.05) is 72.8 Å². The van der Waals surface area contributed by atoms with Crippen LogP contribution < -0.4 is 9.64 Å². The van der Waals surface area contributed by atoms with Gasteiger partial charge in [-0.3, -0.25) is 29.0 Å². The number of carbonyl (C=O) groups excluding carboxylic acids is 4. The first-order valence-electron chi connectivity index (χ1n) is 12.1. The van der Waals surface area contributed by atoms with E-state index in [1.165, 1.54) is 12.0 Å². The van der Waals surface area contributed by atoms with Gasteiger partial charge in [-0.25, -0.2) is 0 Å². The minimum Gasteiger partial charge on any atom is -0.497 e. The molecule has 0 spiro atoms. The van der Waals surface area contributed by atoms with Gasteiger partial charge in [-0.05, 0) is 42.0 Å². The number of rotatable bonds is 6. The predicted octanol–water partition coefficient (Wildman–Crippen LogP) is 4.49. The van der Waals surface area contributed by atoms with Gasteiger partial charge in [0, 0.05) is 11.3 Å². The molecule has 4 aromatic rings. The maximum Gasteiger partial charge on any atom is 0.262 e. The van der Waals surface area contributed by atoms with Crippen molar-refractivity contribution in [3.63, 3.8) is 0 Å². The lowest BCUT2D eigenvalue weighted by molar-refractivity contribution is -0.133. The van der Waals surface area contributed by atoms with Crippen LogP contribution in [0.4, 0.5) is 5.69 Å². The van der Waals surface area contributed by atoms with Crippen LogP contribution in [0.2, 0.25) is 0 Å². The van der Waals surface area contributed by atoms with Crippen molar-refractivity contribution in [1.29, 1.82) is 0 Å². The molecule has 2 heterocycles. The SMILES string of the molecule is COc1ccc(N2C(=O)C(N3C(=O)c4ccccc4C3=O)C2(C(=O)c2ccccc2)c2ccccc2)cc1. The highest BCUT2D eigenvalue weighted by atomic mass is 16.5. The lowest BCUT2D eigenvalue weighted by Gasteiger charge is -2.58. The average Bonchev–Trinajstić information content (AvgIpc) is 3.22. The number of fused-ring (bicyclic) bond motifs is 1. The van der Waals surface area contributed by atoms with Crippen LogP contribution in [0.5, 0.6) is 5.75 Å². The zero-order valence-corrected chi connectivity index (χ0v) is 20.4. The second-order valence-electron chi connectivity index (χ2n) is 9.13. The maximum absolute atomic E-state index is 14.6. The molecule has 0 bridgehead atoms. The van der Waals surface area contributed by atoms with Crippen LogP contribution in [0.15, 0.2) is 109 Å². The summed E-state index contributed by atoms with van der Waals surface area (Å²) in [7, 11) is 1.54. The number of imide groups is 1. The van der Waals surface area contributed by atoms with Crippen molar-refractivity contribution in [2.75, 3.05) is 12.0 Å². The minimum atomic E-state index is -1.69. The molecule has 0 saturated carbocycles. The van der Waals surface area contributed by atoms with E-state index >= 15 is 0 Å². The fraction of sp³-hybridized carbons (Fsp3) is 0.0968. The molecule has 1 fully saturated rings. The van der Waals surface area contributed by atoms with Crippen LogP contribution >= 0.6 is 0 Å². The summed E-state index contributed by atoms with van der Waals surface area (Å²) in [6.07, 6.45) is 0. The molecule has 0 aromatic heterocycles. The smallest absolute Gasteiger partial charge is 0.262 e. The molecular weight excluding hydrogens is 480 g/mol. The molecule has 2 aliphatic rings. The molecule has 7 heteroatoms. The van der Waals surface area contributed by atoms with E-state index in [1.807, 2.05) is 0 Å². The third-order valence-corrected chi connectivity index (χ3v) is 7.21. The van der Waals surface area contributed by atoms with Crippen LogP contribution in [-0.4, -0.2) is 41.6 Å². The third-order valence-electron chi connectivity index (χ3n) is 7.21. The summed E-state index contributed by atoms with van der Waals surface area (Å²) < 4.78 is 5.28. The van der Waals surface area contributed by atoms with Crippen molar-refractivity contribution in [2.24, 2.45) is 0 Å². The van der Waals surface area contributed by atoms with Crippen molar-refractivity contribution in [2.45, 2.75) is 11.6 Å². The predicted molar refractivity (Wildman–Crippen MR) is 140 cm³/mol. The van der Waals surface area contributed by atoms with Gasteiger partial charge < -0.3 is 4.74 Å². The van der Waals surface area contributed by atoms with Gasteiger partial charge in [0.15, 0.2) is 17.4 Å². The number of anilines is 1. The van der Waals surface area contributed by atoms with Gasteiger partial charge in [0.2, 0.25) is 0 Å². The molecule has 186 valence electrons. The molecule has 38 heavy (non-hydrogen) atoms. The summed E-state index contributed by atoms with van der Waals surface area (Å²) in [5.74, 6) is -1.55. The zero-order chi connectivity index (χ0) is 26.4. The van der Waals surface area contributed by atoms with Gasteiger partial charge in [0.05, 0.1) is 18.2 Å². The Morgan fingerprint density at radius 1 is 0.711 bits per heavy atom. The highest BCUT2D eigenvalue weighted by molar-refractivity contribution is 6.29. The quantitative estimate of drug-likeness (QED) is 0.221. The number of methoxy groups -OCH3 is 1. The molecule has 0 radical (unpaired) electrons. The third kappa shape index (κ3) is 3.15. The number of ketones is 1. The molecule has 4 aromatic carbocycles. The lowest BCUT2D eigenvalue weighted by Crippen LogP contribution is -2.81. The van der Waals surface area contributed by atoms with Crippen molar-refractivity contribution >= 4 is 29.2 Å². The Bertz CT molecular complexity index is 1550. The number of β-lactam (4-membered cyclic amide) rings is 1. The molecule has 6 rings (SSSR count). The fourth-order valence-corrected chi connectivity index (χ4v) is 5.48. The van der Waals surface area contributed by atoms with E-state index < -0.39 is 35.1 Å². The first-order valence-corrected chi connectivity index (χ1v) is 12.1. The van der Waals surface area contributed by atoms with Crippen LogP contribution in [0, 0.1) is 0 Å². The number of nitrogens with zero attached hydrogens (tertiary/aromatic N) is 2. The number of hydrogen-bond acceptors (Lipinski definition) is 5. The number of Topliss-reactive ketones (excluding diaryl/α,β-unsaturated/α-hetero) is 1. The largest absolute Gasteiger partial charge is 0.497 e. The maximum atomic E-state index is 14.6. The Labute approximate surface area is 218 Å². The second-order valence-corrected chi connectivity index (χ2v) is 9.13. The van der Waals surface area contributed by atoms with Crippen LogP contribution in [0.1, 0.15) is 36.6 Å². The van der Waals surface area contributed by atoms with Crippen LogP contribution in [-0.2, 0) is 10.3 Å². The Kier molecular flexibility index (Phi) is 5.42. The summed E-state index contributed by atoms with van der Waals surface area (Å²) in [4.78, 5) is 58.2.